The molecule has 3 N–H and O–H groups in total. The number of sulfone groups is 1. The molecule has 0 aliphatic rings. The molecule has 0 saturated carbocycles. The average molecular weight is 260 g/mol. The van der Waals surface area contributed by atoms with Gasteiger partial charge in [0.1, 0.15) is 9.84 Å². The third-order valence-corrected chi connectivity index (χ3v) is 3.40. The summed E-state index contributed by atoms with van der Waals surface area (Å²) in [5.74, 6) is 5.36. The molecule has 1 atom stereocenters. The Kier molecular flexibility index (Phi) is 4.67. The van der Waals surface area contributed by atoms with Crippen LogP contribution in [0.5, 0.6) is 0 Å². The molecule has 98 valence electrons. The Balaban J connectivity index is 2.67. The fourth-order valence-corrected chi connectivity index (χ4v) is 2.50. The Morgan fingerprint density at radius 1 is 1.53 bits per heavy atom. The van der Waals surface area contributed by atoms with Crippen LogP contribution in [-0.2, 0) is 16.3 Å². The maximum atomic E-state index is 11.2. The number of hydrazine groups is 1. The van der Waals surface area contributed by atoms with Crippen LogP contribution in [0.1, 0.15) is 25.6 Å². The summed E-state index contributed by atoms with van der Waals surface area (Å²) in [6.07, 6.45) is 3.58. The van der Waals surface area contributed by atoms with Crippen LogP contribution < -0.4 is 11.3 Å². The molecule has 0 spiro atoms. The van der Waals surface area contributed by atoms with E-state index in [0.717, 1.165) is 5.69 Å². The van der Waals surface area contributed by atoms with Crippen molar-refractivity contribution in [1.82, 2.24) is 15.2 Å². The fraction of sp³-hybridized carbons (Fsp3) is 0.700. The number of nitrogens with two attached hydrogens (primary N) is 1. The number of hydrogen-bond donors (Lipinski definition) is 2. The normalized spacial score (nSPS) is 14.2. The number of rotatable bonds is 6. The van der Waals surface area contributed by atoms with Crippen molar-refractivity contribution in [2.45, 2.75) is 32.4 Å². The largest absolute Gasteiger partial charge is 0.271 e. The second-order valence-electron chi connectivity index (χ2n) is 4.54. The molecule has 7 heteroatoms. The van der Waals surface area contributed by atoms with E-state index in [1.165, 1.54) is 6.26 Å². The summed E-state index contributed by atoms with van der Waals surface area (Å²) < 4.78 is 24.2. The van der Waals surface area contributed by atoms with Crippen molar-refractivity contribution < 1.29 is 8.42 Å². The molecule has 0 aliphatic heterocycles. The van der Waals surface area contributed by atoms with E-state index in [-0.39, 0.29) is 11.8 Å². The fourth-order valence-electron chi connectivity index (χ4n) is 1.56. The van der Waals surface area contributed by atoms with E-state index in [9.17, 15) is 8.42 Å². The third-order valence-electron chi connectivity index (χ3n) is 2.39. The number of aromatic nitrogens is 2. The monoisotopic (exact) mass is 260 g/mol. The van der Waals surface area contributed by atoms with Gasteiger partial charge in [0.05, 0.1) is 11.4 Å². The first kappa shape index (κ1) is 14.1. The number of nitrogens with zero attached hydrogens (tertiary/aromatic N) is 2. The number of hydrogen-bond acceptors (Lipinski definition) is 5. The number of nitrogens with one attached hydrogen (secondary N) is 1. The summed E-state index contributed by atoms with van der Waals surface area (Å²) >= 11 is 0. The van der Waals surface area contributed by atoms with Gasteiger partial charge >= 0.3 is 0 Å². The first-order valence-corrected chi connectivity index (χ1v) is 7.55. The van der Waals surface area contributed by atoms with Crippen LogP contribution in [0.3, 0.4) is 0 Å². The van der Waals surface area contributed by atoms with Gasteiger partial charge in [-0.05, 0) is 19.9 Å². The topological polar surface area (TPSA) is 90.0 Å². The molecule has 1 heterocycles. The molecule has 0 aliphatic carbocycles. The lowest BCUT2D eigenvalue weighted by atomic mass is 10.2. The van der Waals surface area contributed by atoms with Crippen molar-refractivity contribution in [3.8, 4) is 0 Å². The van der Waals surface area contributed by atoms with Gasteiger partial charge < -0.3 is 0 Å². The van der Waals surface area contributed by atoms with E-state index >= 15 is 0 Å². The Hall–Kier alpha value is -0.920. The maximum absolute atomic E-state index is 11.2. The Labute approximate surface area is 102 Å². The summed E-state index contributed by atoms with van der Waals surface area (Å²) in [5.41, 5.74) is 3.36. The molecule has 0 amide bonds. The van der Waals surface area contributed by atoms with Gasteiger partial charge in [-0.2, -0.15) is 5.10 Å². The quantitative estimate of drug-likeness (QED) is 0.550. The molecule has 0 saturated heterocycles. The molecule has 0 aromatic carbocycles. The highest BCUT2D eigenvalue weighted by Gasteiger charge is 2.16. The first-order chi connectivity index (χ1) is 7.81. The Morgan fingerprint density at radius 3 is 2.59 bits per heavy atom. The zero-order valence-electron chi connectivity index (χ0n) is 10.4. The smallest absolute Gasteiger partial charge is 0.149 e. The van der Waals surface area contributed by atoms with Crippen LogP contribution in [0.2, 0.25) is 0 Å². The van der Waals surface area contributed by atoms with Gasteiger partial charge in [0.2, 0.25) is 0 Å². The second-order valence-corrected chi connectivity index (χ2v) is 6.73. The molecular weight excluding hydrogens is 240 g/mol. The molecule has 0 fully saturated rings. The van der Waals surface area contributed by atoms with Crippen molar-refractivity contribution in [3.63, 3.8) is 0 Å². The van der Waals surface area contributed by atoms with E-state index in [1.54, 1.807) is 0 Å². The lowest BCUT2D eigenvalue weighted by molar-refractivity contribution is 0.509. The minimum atomic E-state index is -3.04. The highest BCUT2D eigenvalue weighted by molar-refractivity contribution is 7.90. The average Bonchev–Trinajstić information content (AvgIpc) is 2.63. The molecule has 1 unspecified atom stereocenters. The molecule has 0 bridgehead atoms. The highest BCUT2D eigenvalue weighted by Crippen LogP contribution is 2.07. The van der Waals surface area contributed by atoms with E-state index in [4.69, 9.17) is 5.84 Å². The zero-order valence-corrected chi connectivity index (χ0v) is 11.2. The lowest BCUT2D eigenvalue weighted by Gasteiger charge is -2.13. The van der Waals surface area contributed by atoms with Gasteiger partial charge in [-0.15, -0.1) is 0 Å². The predicted octanol–water partition coefficient (Wildman–Crippen LogP) is -0.117. The van der Waals surface area contributed by atoms with Gasteiger partial charge in [0.15, 0.2) is 0 Å². The van der Waals surface area contributed by atoms with E-state index in [2.05, 4.69) is 10.5 Å². The van der Waals surface area contributed by atoms with Gasteiger partial charge in [-0.3, -0.25) is 16.0 Å². The Bertz CT molecular complexity index is 453. The van der Waals surface area contributed by atoms with Crippen LogP contribution in [0.25, 0.3) is 0 Å². The van der Waals surface area contributed by atoms with Crippen molar-refractivity contribution in [3.05, 3.63) is 18.0 Å². The highest BCUT2D eigenvalue weighted by atomic mass is 32.2. The van der Waals surface area contributed by atoms with Gasteiger partial charge in [-0.25, -0.2) is 8.42 Å². The van der Waals surface area contributed by atoms with E-state index < -0.39 is 9.84 Å². The van der Waals surface area contributed by atoms with Crippen molar-refractivity contribution >= 4 is 9.84 Å². The molecule has 1 aromatic rings. The van der Waals surface area contributed by atoms with Crippen LogP contribution in [0.15, 0.2) is 12.3 Å². The molecular formula is C10H20N4O2S. The van der Waals surface area contributed by atoms with Crippen molar-refractivity contribution in [2.24, 2.45) is 5.84 Å². The summed E-state index contributed by atoms with van der Waals surface area (Å²) in [7, 11) is -3.04. The summed E-state index contributed by atoms with van der Waals surface area (Å²) in [6, 6.07) is 1.87. The minimum absolute atomic E-state index is 0.0119. The van der Waals surface area contributed by atoms with Crippen LogP contribution in [0, 0.1) is 0 Å². The standard InChI is InChI=1S/C10H20N4O2S/c1-8(2)14-5-4-9(13-14)6-10(12-11)7-17(3,15)16/h4-5,8,10,12H,6-7,11H2,1-3H3. The summed E-state index contributed by atoms with van der Waals surface area (Å²) in [4.78, 5) is 0. The summed E-state index contributed by atoms with van der Waals surface area (Å²) in [5, 5.41) is 4.35. The summed E-state index contributed by atoms with van der Waals surface area (Å²) in [6.45, 7) is 4.07. The molecule has 1 aromatic heterocycles. The predicted molar refractivity (Wildman–Crippen MR) is 67.1 cm³/mol. The second kappa shape index (κ2) is 5.61. The van der Waals surface area contributed by atoms with Gasteiger partial charge in [0, 0.05) is 31.0 Å². The first-order valence-electron chi connectivity index (χ1n) is 5.49. The third kappa shape index (κ3) is 4.84. The maximum Gasteiger partial charge on any atom is 0.149 e. The van der Waals surface area contributed by atoms with E-state index in [0.29, 0.717) is 12.5 Å². The van der Waals surface area contributed by atoms with Crippen LogP contribution >= 0.6 is 0 Å². The SMILES string of the molecule is CC(C)n1ccc(CC(CS(C)(=O)=O)NN)n1. The van der Waals surface area contributed by atoms with Crippen molar-refractivity contribution in [1.29, 1.82) is 0 Å². The molecule has 1 rings (SSSR count). The van der Waals surface area contributed by atoms with Crippen LogP contribution in [-0.4, -0.2) is 36.2 Å². The molecule has 0 radical (unpaired) electrons. The zero-order chi connectivity index (χ0) is 13.1. The minimum Gasteiger partial charge on any atom is -0.271 e. The van der Waals surface area contributed by atoms with Gasteiger partial charge in [-0.1, -0.05) is 0 Å². The lowest BCUT2D eigenvalue weighted by Crippen LogP contribution is -2.41. The van der Waals surface area contributed by atoms with E-state index in [1.807, 2.05) is 30.8 Å². The van der Waals surface area contributed by atoms with Crippen LogP contribution in [0.4, 0.5) is 0 Å². The molecule has 17 heavy (non-hydrogen) atoms. The Morgan fingerprint density at radius 2 is 2.18 bits per heavy atom. The van der Waals surface area contributed by atoms with Crippen molar-refractivity contribution in [2.75, 3.05) is 12.0 Å². The van der Waals surface area contributed by atoms with Gasteiger partial charge in [0.25, 0.3) is 0 Å². The molecule has 6 nitrogen and oxygen atoms in total.